The lowest BCUT2D eigenvalue weighted by Gasteiger charge is -2.24. The molecule has 0 aromatic carbocycles. The number of hydrogen-bond acceptors (Lipinski definition) is 3. The molecule has 2 unspecified atom stereocenters. The Labute approximate surface area is 112 Å². The highest BCUT2D eigenvalue weighted by atomic mass is 19.4. The maximum absolute atomic E-state index is 12.8. The second kappa shape index (κ2) is 4.77. The summed E-state index contributed by atoms with van der Waals surface area (Å²) in [6, 6.07) is -1.41. The zero-order valence-corrected chi connectivity index (χ0v) is 10.8. The minimum Gasteiger partial charge on any atom is -0.309 e. The molecule has 20 heavy (non-hydrogen) atoms. The lowest BCUT2D eigenvalue weighted by atomic mass is 9.90. The zero-order chi connectivity index (χ0) is 15.1. The minimum absolute atomic E-state index is 0.210. The van der Waals surface area contributed by atoms with Gasteiger partial charge in [0.1, 0.15) is 0 Å². The van der Waals surface area contributed by atoms with Crippen molar-refractivity contribution in [1.82, 2.24) is 9.55 Å². The zero-order valence-electron chi connectivity index (χ0n) is 10.8. The number of aromatic nitrogens is 2. The molecule has 0 saturated heterocycles. The first-order valence-electron chi connectivity index (χ1n) is 5.85. The lowest BCUT2D eigenvalue weighted by Crippen LogP contribution is -2.32. The van der Waals surface area contributed by atoms with E-state index in [4.69, 9.17) is 0 Å². The van der Waals surface area contributed by atoms with Crippen LogP contribution >= 0.6 is 0 Å². The van der Waals surface area contributed by atoms with E-state index >= 15 is 0 Å². The third-order valence-electron chi connectivity index (χ3n) is 3.21. The molecule has 1 aliphatic carbocycles. The van der Waals surface area contributed by atoms with Crippen LogP contribution in [0.4, 0.5) is 13.2 Å². The quantitative estimate of drug-likeness (QED) is 0.620. The molecule has 108 valence electrons. The maximum atomic E-state index is 12.8. The summed E-state index contributed by atoms with van der Waals surface area (Å²) in [5.41, 5.74) is -0.167. The van der Waals surface area contributed by atoms with Crippen molar-refractivity contribution in [2.24, 2.45) is 5.92 Å². The molecule has 0 radical (unpaired) electrons. The molecule has 0 saturated carbocycles. The van der Waals surface area contributed by atoms with Crippen LogP contribution < -0.4 is 0 Å². The van der Waals surface area contributed by atoms with Crippen molar-refractivity contribution in [3.8, 4) is 0 Å². The van der Waals surface area contributed by atoms with E-state index in [1.54, 1.807) is 13.1 Å². The molecule has 0 bridgehead atoms. The van der Waals surface area contributed by atoms with Crippen LogP contribution in [0.5, 0.6) is 0 Å². The van der Waals surface area contributed by atoms with Crippen LogP contribution in [-0.2, 0) is 0 Å². The average molecular weight is 287 g/mol. The molecule has 0 aliphatic heterocycles. The van der Waals surface area contributed by atoms with Gasteiger partial charge in [-0.15, -0.1) is 0 Å². The molecule has 1 aliphatic rings. The topological polar surface area (TPSA) is 61.0 Å². The van der Waals surface area contributed by atoms with Crippen LogP contribution in [-0.4, -0.2) is 26.7 Å². The molecule has 0 fully saturated rings. The van der Waals surface area contributed by atoms with Crippen molar-refractivity contribution in [2.45, 2.75) is 26.1 Å². The van der Waals surface area contributed by atoms with Gasteiger partial charge in [-0.1, -0.05) is 0 Å². The molecule has 2 atom stereocenters. The van der Waals surface area contributed by atoms with Crippen molar-refractivity contribution in [2.75, 3.05) is 0 Å². The van der Waals surface area contributed by atoms with Crippen molar-refractivity contribution in [1.29, 1.82) is 0 Å². The highest BCUT2D eigenvalue weighted by molar-refractivity contribution is 5.58. The van der Waals surface area contributed by atoms with Gasteiger partial charge in [-0.3, -0.25) is 10.1 Å². The van der Waals surface area contributed by atoms with Gasteiger partial charge in [-0.05, 0) is 19.9 Å². The van der Waals surface area contributed by atoms with Gasteiger partial charge >= 0.3 is 6.18 Å². The number of nitrogens with zero attached hydrogens (tertiary/aromatic N) is 3. The number of aryl methyl sites for hydroxylation is 1. The Morgan fingerprint density at radius 2 is 2.10 bits per heavy atom. The van der Waals surface area contributed by atoms with E-state index in [-0.39, 0.29) is 5.70 Å². The number of hydrogen-bond donors (Lipinski definition) is 0. The fourth-order valence-electron chi connectivity index (χ4n) is 2.13. The summed E-state index contributed by atoms with van der Waals surface area (Å²) < 4.78 is 39.9. The molecule has 5 nitrogen and oxygen atoms in total. The second-order valence-corrected chi connectivity index (χ2v) is 4.68. The van der Waals surface area contributed by atoms with Crippen LogP contribution in [0, 0.1) is 23.0 Å². The highest BCUT2D eigenvalue weighted by Gasteiger charge is 2.41. The third-order valence-corrected chi connectivity index (χ3v) is 3.21. The van der Waals surface area contributed by atoms with E-state index in [0.717, 1.165) is 6.08 Å². The normalized spacial score (nSPS) is 23.2. The summed E-state index contributed by atoms with van der Waals surface area (Å²) in [6.07, 6.45) is -0.119. The standard InChI is InChI=1S/C12H12F3N3O2/c1-7-5-17(6-16-7)10-3-9(12(13,14)15)4-11(8(10)2)18(19)20/h3-6,8,11H,1-2H3. The van der Waals surface area contributed by atoms with E-state index in [1.807, 2.05) is 0 Å². The van der Waals surface area contributed by atoms with E-state index in [9.17, 15) is 23.3 Å². The molecule has 0 amide bonds. The van der Waals surface area contributed by atoms with Crippen molar-refractivity contribution >= 4 is 5.70 Å². The molecular formula is C12H12F3N3O2. The van der Waals surface area contributed by atoms with Gasteiger partial charge < -0.3 is 4.57 Å². The molecule has 1 heterocycles. The monoisotopic (exact) mass is 287 g/mol. The third kappa shape index (κ3) is 2.59. The smallest absolute Gasteiger partial charge is 0.309 e. The molecule has 2 rings (SSSR count). The first-order chi connectivity index (χ1) is 9.20. The summed E-state index contributed by atoms with van der Waals surface area (Å²) in [4.78, 5) is 14.2. The molecule has 1 aromatic rings. The van der Waals surface area contributed by atoms with Crippen LogP contribution in [0.25, 0.3) is 5.70 Å². The SMILES string of the molecule is Cc1cn(C2=CC(C(F)(F)F)=CC([N+](=O)[O-])C2C)cn1. The first-order valence-corrected chi connectivity index (χ1v) is 5.85. The fraction of sp³-hybridized carbons (Fsp3) is 0.417. The fourth-order valence-corrected chi connectivity index (χ4v) is 2.13. The number of rotatable bonds is 2. The Bertz CT molecular complexity index is 601. The summed E-state index contributed by atoms with van der Waals surface area (Å²) in [6.45, 7) is 3.22. The molecule has 1 aromatic heterocycles. The average Bonchev–Trinajstić information content (AvgIpc) is 2.74. The highest BCUT2D eigenvalue weighted by Crippen LogP contribution is 2.36. The van der Waals surface area contributed by atoms with Gasteiger partial charge in [0.2, 0.25) is 6.04 Å². The summed E-state index contributed by atoms with van der Waals surface area (Å²) in [7, 11) is 0. The maximum Gasteiger partial charge on any atom is 0.416 e. The lowest BCUT2D eigenvalue weighted by molar-refractivity contribution is -0.515. The minimum atomic E-state index is -4.62. The Morgan fingerprint density at radius 1 is 1.45 bits per heavy atom. The van der Waals surface area contributed by atoms with E-state index < -0.39 is 28.6 Å². The predicted octanol–water partition coefficient (Wildman–Crippen LogP) is 2.82. The van der Waals surface area contributed by atoms with Crippen LogP contribution in [0.15, 0.2) is 30.2 Å². The number of imidazole rings is 1. The van der Waals surface area contributed by atoms with Crippen molar-refractivity contribution in [3.63, 3.8) is 0 Å². The Hall–Kier alpha value is -2.12. The number of nitro groups is 1. The van der Waals surface area contributed by atoms with Crippen LogP contribution in [0.1, 0.15) is 12.6 Å². The Kier molecular flexibility index (Phi) is 3.41. The molecular weight excluding hydrogens is 275 g/mol. The van der Waals surface area contributed by atoms with Gasteiger partial charge in [-0.2, -0.15) is 13.2 Å². The van der Waals surface area contributed by atoms with Gasteiger partial charge in [0.25, 0.3) is 0 Å². The Morgan fingerprint density at radius 3 is 2.55 bits per heavy atom. The van der Waals surface area contributed by atoms with E-state index in [2.05, 4.69) is 4.98 Å². The Balaban J connectivity index is 2.51. The van der Waals surface area contributed by atoms with E-state index in [1.165, 1.54) is 17.8 Å². The summed E-state index contributed by atoms with van der Waals surface area (Å²) in [5.74, 6) is -0.676. The van der Waals surface area contributed by atoms with Crippen molar-refractivity contribution < 1.29 is 18.1 Å². The van der Waals surface area contributed by atoms with E-state index in [0.29, 0.717) is 11.8 Å². The number of halogens is 3. The molecule has 0 spiro atoms. The van der Waals surface area contributed by atoms with Gasteiger partial charge in [0, 0.05) is 22.9 Å². The second-order valence-electron chi connectivity index (χ2n) is 4.68. The number of alkyl halides is 3. The van der Waals surface area contributed by atoms with Crippen LogP contribution in [0.3, 0.4) is 0 Å². The van der Waals surface area contributed by atoms with Gasteiger partial charge in [0.05, 0.1) is 23.5 Å². The molecule has 8 heteroatoms. The molecule has 0 N–H and O–H groups in total. The summed E-state index contributed by atoms with van der Waals surface area (Å²) >= 11 is 0. The predicted molar refractivity (Wildman–Crippen MR) is 65.3 cm³/mol. The largest absolute Gasteiger partial charge is 0.416 e. The first kappa shape index (κ1) is 14.3. The van der Waals surface area contributed by atoms with Gasteiger partial charge in [0.15, 0.2) is 0 Å². The van der Waals surface area contributed by atoms with Crippen LogP contribution in [0.2, 0.25) is 0 Å². The van der Waals surface area contributed by atoms with Gasteiger partial charge in [-0.25, -0.2) is 4.98 Å². The van der Waals surface area contributed by atoms with Crippen molar-refractivity contribution in [3.05, 3.63) is 46.1 Å². The summed E-state index contributed by atoms with van der Waals surface area (Å²) in [5, 5.41) is 11.0. The number of allylic oxidation sites excluding steroid dienone is 2.